The third-order valence-corrected chi connectivity index (χ3v) is 2.96. The molecule has 1 aliphatic heterocycles. The Balaban J connectivity index is 1.92. The maximum Gasteiger partial charge on any atom is 0.352 e. The predicted octanol–water partition coefficient (Wildman–Crippen LogP) is 1.93. The second-order valence-corrected chi connectivity index (χ2v) is 4.30. The van der Waals surface area contributed by atoms with Crippen molar-refractivity contribution in [2.24, 2.45) is 0 Å². The third kappa shape index (κ3) is 2.31. The summed E-state index contributed by atoms with van der Waals surface area (Å²) in [6.07, 6.45) is 6.81. The first-order valence-electron chi connectivity index (χ1n) is 6.09. The van der Waals surface area contributed by atoms with E-state index in [-0.39, 0.29) is 11.7 Å². The largest absolute Gasteiger partial charge is 0.477 e. The minimum absolute atomic E-state index is 0.105. The van der Waals surface area contributed by atoms with Crippen molar-refractivity contribution in [2.75, 3.05) is 5.32 Å². The highest BCUT2D eigenvalue weighted by atomic mass is 16.4. The fourth-order valence-electron chi connectivity index (χ4n) is 2.00. The highest BCUT2D eigenvalue weighted by Gasteiger charge is 2.22. The molecule has 2 heterocycles. The van der Waals surface area contributed by atoms with Crippen LogP contribution in [0.15, 0.2) is 54.5 Å². The van der Waals surface area contributed by atoms with Gasteiger partial charge in [0.2, 0.25) is 5.95 Å². The Labute approximate surface area is 115 Å². The number of hydrogen-bond donors (Lipinski definition) is 2. The quantitative estimate of drug-likeness (QED) is 0.889. The average Bonchev–Trinajstić information content (AvgIpc) is 2.94. The summed E-state index contributed by atoms with van der Waals surface area (Å²) in [4.78, 5) is 15.1. The van der Waals surface area contributed by atoms with E-state index in [1.165, 1.54) is 6.33 Å². The van der Waals surface area contributed by atoms with Gasteiger partial charge in [-0.3, -0.25) is 0 Å². The number of aliphatic carboxylic acids is 1. The van der Waals surface area contributed by atoms with E-state index < -0.39 is 5.97 Å². The lowest BCUT2D eigenvalue weighted by Crippen LogP contribution is -2.22. The van der Waals surface area contributed by atoms with Gasteiger partial charge in [-0.15, -0.1) is 0 Å². The van der Waals surface area contributed by atoms with Gasteiger partial charge in [0.05, 0.1) is 6.04 Å². The van der Waals surface area contributed by atoms with E-state index in [0.29, 0.717) is 5.95 Å². The standard InChI is InChI=1S/C14H12N4O2/c19-13(20)12-8-11(18-14(17-12)15-9-16-18)7-6-10-4-2-1-3-5-10/h1-9,11H,(H,19,20)(H,15,16,17)/b7-6+/t11-/m1/s1. The van der Waals surface area contributed by atoms with Gasteiger partial charge in [0, 0.05) is 0 Å². The Morgan fingerprint density at radius 2 is 2.15 bits per heavy atom. The molecule has 0 unspecified atom stereocenters. The lowest BCUT2D eigenvalue weighted by molar-refractivity contribution is -0.132. The SMILES string of the molecule is O=C(O)C1=C[C@@H](/C=C/c2ccccc2)n2ncnc2N1. The molecular formula is C14H12N4O2. The molecule has 0 bridgehead atoms. The van der Waals surface area contributed by atoms with Gasteiger partial charge in [0.25, 0.3) is 0 Å². The number of allylic oxidation sites excluding steroid dienone is 2. The van der Waals surface area contributed by atoms with Gasteiger partial charge >= 0.3 is 5.97 Å². The van der Waals surface area contributed by atoms with Crippen molar-refractivity contribution < 1.29 is 9.90 Å². The molecule has 1 aromatic carbocycles. The zero-order chi connectivity index (χ0) is 13.9. The van der Waals surface area contributed by atoms with Crippen LogP contribution in [0.25, 0.3) is 6.08 Å². The van der Waals surface area contributed by atoms with Crippen LogP contribution in [-0.4, -0.2) is 25.8 Å². The number of carboxylic acid groups (broad SMARTS) is 1. The number of anilines is 1. The first kappa shape index (κ1) is 12.2. The second kappa shape index (κ2) is 5.00. The molecule has 0 amide bonds. The van der Waals surface area contributed by atoms with Crippen molar-refractivity contribution in [3.8, 4) is 0 Å². The second-order valence-electron chi connectivity index (χ2n) is 4.30. The Morgan fingerprint density at radius 3 is 2.90 bits per heavy atom. The van der Waals surface area contributed by atoms with Gasteiger partial charge in [0.15, 0.2) is 0 Å². The number of nitrogens with one attached hydrogen (secondary N) is 1. The third-order valence-electron chi connectivity index (χ3n) is 2.96. The zero-order valence-electron chi connectivity index (χ0n) is 10.5. The highest BCUT2D eigenvalue weighted by molar-refractivity contribution is 5.90. The van der Waals surface area contributed by atoms with E-state index >= 15 is 0 Å². The minimum atomic E-state index is -1.02. The van der Waals surface area contributed by atoms with Gasteiger partial charge in [-0.2, -0.15) is 10.1 Å². The fraction of sp³-hybridized carbons (Fsp3) is 0.0714. The molecular weight excluding hydrogens is 256 g/mol. The molecule has 100 valence electrons. The van der Waals surface area contributed by atoms with Crippen LogP contribution < -0.4 is 5.32 Å². The number of benzene rings is 1. The normalized spacial score (nSPS) is 17.4. The molecule has 2 aromatic rings. The molecule has 0 radical (unpaired) electrons. The molecule has 1 aromatic heterocycles. The van der Waals surface area contributed by atoms with Gasteiger partial charge in [-0.1, -0.05) is 42.5 Å². The summed E-state index contributed by atoms with van der Waals surface area (Å²) < 4.78 is 1.63. The van der Waals surface area contributed by atoms with Crippen LogP contribution in [-0.2, 0) is 4.79 Å². The number of nitrogens with zero attached hydrogens (tertiary/aromatic N) is 3. The van der Waals surface area contributed by atoms with Crippen LogP contribution >= 0.6 is 0 Å². The van der Waals surface area contributed by atoms with E-state index in [0.717, 1.165) is 5.56 Å². The molecule has 20 heavy (non-hydrogen) atoms. The van der Waals surface area contributed by atoms with E-state index in [4.69, 9.17) is 5.11 Å². The molecule has 0 saturated heterocycles. The van der Waals surface area contributed by atoms with E-state index in [9.17, 15) is 4.79 Å². The molecule has 0 fully saturated rings. The monoisotopic (exact) mass is 268 g/mol. The number of carbonyl (C=O) groups is 1. The summed E-state index contributed by atoms with van der Waals surface area (Å²) >= 11 is 0. The van der Waals surface area contributed by atoms with Crippen molar-refractivity contribution >= 4 is 18.0 Å². The van der Waals surface area contributed by atoms with Crippen LogP contribution in [0, 0.1) is 0 Å². The highest BCUT2D eigenvalue weighted by Crippen LogP contribution is 2.23. The smallest absolute Gasteiger partial charge is 0.352 e. The number of aromatic nitrogens is 3. The Morgan fingerprint density at radius 1 is 1.35 bits per heavy atom. The minimum Gasteiger partial charge on any atom is -0.477 e. The summed E-state index contributed by atoms with van der Waals surface area (Å²) in [6, 6.07) is 9.51. The molecule has 0 spiro atoms. The number of rotatable bonds is 3. The Bertz CT molecular complexity index is 688. The van der Waals surface area contributed by atoms with Crippen LogP contribution in [0.2, 0.25) is 0 Å². The number of fused-ring (bicyclic) bond motifs is 1. The lowest BCUT2D eigenvalue weighted by Gasteiger charge is -2.19. The van der Waals surface area contributed by atoms with Crippen LogP contribution in [0.1, 0.15) is 11.6 Å². The average molecular weight is 268 g/mol. The first-order valence-corrected chi connectivity index (χ1v) is 6.09. The van der Waals surface area contributed by atoms with Crippen LogP contribution in [0.5, 0.6) is 0 Å². The maximum atomic E-state index is 11.1. The van der Waals surface area contributed by atoms with E-state index in [1.54, 1.807) is 10.8 Å². The van der Waals surface area contributed by atoms with Gasteiger partial charge in [-0.05, 0) is 11.6 Å². The predicted molar refractivity (Wildman–Crippen MR) is 73.9 cm³/mol. The molecule has 3 rings (SSSR count). The van der Waals surface area contributed by atoms with Gasteiger partial charge < -0.3 is 10.4 Å². The zero-order valence-corrected chi connectivity index (χ0v) is 10.5. The molecule has 1 aliphatic rings. The summed E-state index contributed by atoms with van der Waals surface area (Å²) in [5, 5.41) is 15.9. The summed E-state index contributed by atoms with van der Waals surface area (Å²) in [7, 11) is 0. The molecule has 0 aliphatic carbocycles. The van der Waals surface area contributed by atoms with Crippen LogP contribution in [0.3, 0.4) is 0 Å². The van der Waals surface area contributed by atoms with E-state index in [1.807, 2.05) is 42.5 Å². The number of carboxylic acids is 1. The summed E-state index contributed by atoms with van der Waals surface area (Å²) in [5.41, 5.74) is 1.14. The molecule has 6 heteroatoms. The summed E-state index contributed by atoms with van der Waals surface area (Å²) in [5.74, 6) is -0.593. The maximum absolute atomic E-state index is 11.1. The molecule has 6 nitrogen and oxygen atoms in total. The Kier molecular flexibility index (Phi) is 3.04. The topological polar surface area (TPSA) is 80.0 Å². The van der Waals surface area contributed by atoms with Gasteiger partial charge in [0.1, 0.15) is 12.0 Å². The fourth-order valence-corrected chi connectivity index (χ4v) is 2.00. The van der Waals surface area contributed by atoms with Crippen molar-refractivity contribution in [1.29, 1.82) is 0 Å². The van der Waals surface area contributed by atoms with Gasteiger partial charge in [-0.25, -0.2) is 9.48 Å². The van der Waals surface area contributed by atoms with Crippen molar-refractivity contribution in [2.45, 2.75) is 6.04 Å². The lowest BCUT2D eigenvalue weighted by atomic mass is 10.1. The molecule has 0 saturated carbocycles. The van der Waals surface area contributed by atoms with Crippen LogP contribution in [0.4, 0.5) is 5.95 Å². The first-order chi connectivity index (χ1) is 9.74. The summed E-state index contributed by atoms with van der Waals surface area (Å²) in [6.45, 7) is 0. The molecule has 1 atom stereocenters. The number of hydrogen-bond acceptors (Lipinski definition) is 4. The van der Waals surface area contributed by atoms with E-state index in [2.05, 4.69) is 15.4 Å². The Hall–Kier alpha value is -2.89. The van der Waals surface area contributed by atoms with Crippen molar-refractivity contribution in [1.82, 2.24) is 14.8 Å². The molecule has 2 N–H and O–H groups in total. The van der Waals surface area contributed by atoms with Crippen molar-refractivity contribution in [3.05, 3.63) is 60.1 Å². The van der Waals surface area contributed by atoms with Crippen molar-refractivity contribution in [3.63, 3.8) is 0 Å².